The lowest BCUT2D eigenvalue weighted by molar-refractivity contribution is 1.10. The van der Waals surface area contributed by atoms with Crippen LogP contribution >= 0.6 is 23.4 Å². The van der Waals surface area contributed by atoms with Crippen LogP contribution in [0.15, 0.2) is 35.4 Å². The number of halogens is 1. The summed E-state index contributed by atoms with van der Waals surface area (Å²) in [4.78, 5) is 5.47. The van der Waals surface area contributed by atoms with Crippen molar-refractivity contribution in [2.24, 2.45) is 0 Å². The predicted octanol–water partition coefficient (Wildman–Crippen LogP) is 4.39. The first-order valence-corrected chi connectivity index (χ1v) is 6.35. The molecular weight excluding hydrogens is 226 g/mol. The zero-order chi connectivity index (χ0) is 10.7. The molecule has 0 saturated heterocycles. The monoisotopic (exact) mass is 237 g/mol. The molecule has 0 aliphatic heterocycles. The average Bonchev–Trinajstić information content (AvgIpc) is 2.29. The number of fused-ring (bicyclic) bond motifs is 1. The maximum Gasteiger partial charge on any atom is 0.0717 e. The number of thioether (sulfide) groups is 1. The lowest BCUT2D eigenvalue weighted by atomic mass is 10.2. The zero-order valence-electron chi connectivity index (χ0n) is 8.53. The Morgan fingerprint density at radius 1 is 1.33 bits per heavy atom. The van der Waals surface area contributed by atoms with Gasteiger partial charge in [-0.3, -0.25) is 4.98 Å². The summed E-state index contributed by atoms with van der Waals surface area (Å²) >= 11 is 8.08. The summed E-state index contributed by atoms with van der Waals surface area (Å²) in [6.45, 7) is 2.16. The number of nitrogens with zero attached hydrogens (tertiary/aromatic N) is 1. The molecule has 1 aromatic heterocycles. The van der Waals surface area contributed by atoms with E-state index in [1.165, 1.54) is 0 Å². The first-order chi connectivity index (χ1) is 7.33. The Balaban J connectivity index is 2.45. The minimum Gasteiger partial charge on any atom is -0.255 e. The second kappa shape index (κ2) is 4.86. The normalized spacial score (nSPS) is 10.8. The quantitative estimate of drug-likeness (QED) is 0.735. The third kappa shape index (κ3) is 2.27. The van der Waals surface area contributed by atoms with Crippen molar-refractivity contribution in [1.29, 1.82) is 0 Å². The van der Waals surface area contributed by atoms with Crippen LogP contribution < -0.4 is 0 Å². The van der Waals surface area contributed by atoms with E-state index in [4.69, 9.17) is 11.6 Å². The fourth-order valence-electron chi connectivity index (χ4n) is 1.40. The molecule has 1 aromatic carbocycles. The van der Waals surface area contributed by atoms with Crippen molar-refractivity contribution in [2.75, 3.05) is 5.75 Å². The van der Waals surface area contributed by atoms with Crippen molar-refractivity contribution in [2.45, 2.75) is 18.2 Å². The van der Waals surface area contributed by atoms with Crippen LogP contribution in [0.1, 0.15) is 13.3 Å². The Bertz CT molecular complexity index is 470. The molecule has 2 rings (SSSR count). The van der Waals surface area contributed by atoms with E-state index in [0.717, 1.165) is 33.0 Å². The van der Waals surface area contributed by atoms with Crippen molar-refractivity contribution < 1.29 is 0 Å². The van der Waals surface area contributed by atoms with Gasteiger partial charge in [0.25, 0.3) is 0 Å². The van der Waals surface area contributed by atoms with Crippen LogP contribution in [-0.2, 0) is 0 Å². The van der Waals surface area contributed by atoms with Gasteiger partial charge in [0.05, 0.1) is 10.5 Å². The van der Waals surface area contributed by atoms with E-state index in [0.29, 0.717) is 0 Å². The van der Waals surface area contributed by atoms with E-state index in [-0.39, 0.29) is 0 Å². The number of hydrogen-bond acceptors (Lipinski definition) is 2. The van der Waals surface area contributed by atoms with Gasteiger partial charge in [0.2, 0.25) is 0 Å². The Kier molecular flexibility index (Phi) is 3.49. The van der Waals surface area contributed by atoms with Gasteiger partial charge >= 0.3 is 0 Å². The van der Waals surface area contributed by atoms with Crippen LogP contribution in [0.3, 0.4) is 0 Å². The fraction of sp³-hybridized carbons (Fsp3) is 0.250. The molecule has 3 heteroatoms. The van der Waals surface area contributed by atoms with E-state index in [1.54, 1.807) is 11.8 Å². The van der Waals surface area contributed by atoms with Crippen molar-refractivity contribution in [3.63, 3.8) is 0 Å². The van der Waals surface area contributed by atoms with Gasteiger partial charge in [-0.05, 0) is 18.2 Å². The van der Waals surface area contributed by atoms with Gasteiger partial charge in [0.15, 0.2) is 0 Å². The van der Waals surface area contributed by atoms with Crippen LogP contribution in [0, 0.1) is 0 Å². The average molecular weight is 238 g/mol. The van der Waals surface area contributed by atoms with Gasteiger partial charge in [-0.2, -0.15) is 0 Å². The highest BCUT2D eigenvalue weighted by Crippen LogP contribution is 2.32. The summed E-state index contributed by atoms with van der Waals surface area (Å²) in [5, 5.41) is 1.87. The van der Waals surface area contributed by atoms with E-state index in [9.17, 15) is 0 Å². The first-order valence-electron chi connectivity index (χ1n) is 4.99. The molecule has 0 bridgehead atoms. The summed E-state index contributed by atoms with van der Waals surface area (Å²) in [5.41, 5.74) is 0.961. The lowest BCUT2D eigenvalue weighted by Crippen LogP contribution is -1.84. The van der Waals surface area contributed by atoms with E-state index in [2.05, 4.69) is 11.9 Å². The molecule has 1 heterocycles. The number of para-hydroxylation sites is 1. The van der Waals surface area contributed by atoms with Crippen LogP contribution in [-0.4, -0.2) is 10.7 Å². The molecule has 0 aliphatic rings. The Morgan fingerprint density at radius 3 is 2.93 bits per heavy atom. The molecule has 2 aromatic rings. The topological polar surface area (TPSA) is 12.9 Å². The highest BCUT2D eigenvalue weighted by atomic mass is 35.5. The van der Waals surface area contributed by atoms with Crippen molar-refractivity contribution in [3.8, 4) is 0 Å². The van der Waals surface area contributed by atoms with E-state index < -0.39 is 0 Å². The van der Waals surface area contributed by atoms with Gasteiger partial charge in [0, 0.05) is 16.5 Å². The van der Waals surface area contributed by atoms with Gasteiger partial charge in [-0.1, -0.05) is 36.7 Å². The largest absolute Gasteiger partial charge is 0.255 e. The fourth-order valence-corrected chi connectivity index (χ4v) is 2.56. The molecular formula is C12H12ClNS. The molecule has 0 atom stereocenters. The molecule has 78 valence electrons. The number of hydrogen-bond donors (Lipinski definition) is 0. The summed E-state index contributed by atoms with van der Waals surface area (Å²) in [5.74, 6) is 1.08. The maximum absolute atomic E-state index is 6.32. The predicted molar refractivity (Wildman–Crippen MR) is 67.8 cm³/mol. The maximum atomic E-state index is 6.32. The highest BCUT2D eigenvalue weighted by Gasteiger charge is 2.05. The SMILES string of the molecule is CCCSc1cnc2ccccc2c1Cl. The summed E-state index contributed by atoms with van der Waals surface area (Å²) in [7, 11) is 0. The van der Waals surface area contributed by atoms with Gasteiger partial charge in [0.1, 0.15) is 0 Å². The van der Waals surface area contributed by atoms with Crippen molar-refractivity contribution >= 4 is 34.3 Å². The Hall–Kier alpha value is -0.730. The Morgan fingerprint density at radius 2 is 2.13 bits per heavy atom. The number of rotatable bonds is 3. The molecule has 0 radical (unpaired) electrons. The first kappa shape index (κ1) is 10.8. The molecule has 1 nitrogen and oxygen atoms in total. The van der Waals surface area contributed by atoms with E-state index >= 15 is 0 Å². The molecule has 0 N–H and O–H groups in total. The highest BCUT2D eigenvalue weighted by molar-refractivity contribution is 7.99. The van der Waals surface area contributed by atoms with Crippen LogP contribution in [0.25, 0.3) is 10.9 Å². The molecule has 0 fully saturated rings. The third-order valence-corrected chi connectivity index (χ3v) is 3.89. The second-order valence-corrected chi connectivity index (χ2v) is 4.82. The Labute approximate surface area is 98.9 Å². The minimum atomic E-state index is 0.832. The zero-order valence-corrected chi connectivity index (χ0v) is 10.1. The molecule has 15 heavy (non-hydrogen) atoms. The van der Waals surface area contributed by atoms with Crippen LogP contribution in [0.2, 0.25) is 5.02 Å². The molecule has 0 amide bonds. The van der Waals surface area contributed by atoms with Crippen LogP contribution in [0.5, 0.6) is 0 Å². The lowest BCUT2D eigenvalue weighted by Gasteiger charge is -2.05. The standard InChI is InChI=1S/C12H12ClNS/c1-2-7-15-11-8-14-10-6-4-3-5-9(10)12(11)13/h3-6,8H,2,7H2,1H3. The summed E-state index contributed by atoms with van der Waals surface area (Å²) in [6.07, 6.45) is 3.01. The number of pyridine rings is 1. The van der Waals surface area contributed by atoms with Gasteiger partial charge < -0.3 is 0 Å². The van der Waals surface area contributed by atoms with Crippen LogP contribution in [0.4, 0.5) is 0 Å². The summed E-state index contributed by atoms with van der Waals surface area (Å²) < 4.78 is 0. The summed E-state index contributed by atoms with van der Waals surface area (Å²) in [6, 6.07) is 7.96. The van der Waals surface area contributed by atoms with Gasteiger partial charge in [-0.25, -0.2) is 0 Å². The van der Waals surface area contributed by atoms with E-state index in [1.807, 2.05) is 30.5 Å². The second-order valence-electron chi connectivity index (χ2n) is 3.30. The van der Waals surface area contributed by atoms with Crippen molar-refractivity contribution in [1.82, 2.24) is 4.98 Å². The van der Waals surface area contributed by atoms with Gasteiger partial charge in [-0.15, -0.1) is 11.8 Å². The molecule has 0 spiro atoms. The number of benzene rings is 1. The molecule has 0 aliphatic carbocycles. The minimum absolute atomic E-state index is 0.832. The van der Waals surface area contributed by atoms with Crippen molar-refractivity contribution in [3.05, 3.63) is 35.5 Å². The molecule has 0 saturated carbocycles. The molecule has 0 unspecified atom stereocenters. The third-order valence-electron chi connectivity index (χ3n) is 2.14. The number of aromatic nitrogens is 1. The smallest absolute Gasteiger partial charge is 0.0717 e.